The Morgan fingerprint density at radius 3 is 2.27 bits per heavy atom. The quantitative estimate of drug-likeness (QED) is 0.746. The minimum atomic E-state index is 0.285. The zero-order chi connectivity index (χ0) is 11.1. The fourth-order valence-corrected chi connectivity index (χ4v) is 3.43. The van der Waals surface area contributed by atoms with E-state index < -0.39 is 0 Å². The standard InChI is InChI=1S/C14H27N/c1-5-6-14(10-15-13(2,3)4)8-11-7-12(11)9-14/h11-12,15H,5-10H2,1-4H3. The summed E-state index contributed by atoms with van der Waals surface area (Å²) in [5, 5.41) is 3.73. The molecule has 88 valence electrons. The Kier molecular flexibility index (Phi) is 2.87. The molecule has 2 rings (SSSR count). The van der Waals surface area contributed by atoms with Crippen LogP contribution in [0.2, 0.25) is 0 Å². The molecule has 1 heteroatoms. The maximum Gasteiger partial charge on any atom is 0.00967 e. The summed E-state index contributed by atoms with van der Waals surface area (Å²) >= 11 is 0. The predicted molar refractivity (Wildman–Crippen MR) is 65.9 cm³/mol. The SMILES string of the molecule is CCCC1(CNC(C)(C)C)CC2CC2C1. The number of hydrogen-bond acceptors (Lipinski definition) is 1. The second-order valence-corrected chi connectivity index (χ2v) is 7.02. The molecular weight excluding hydrogens is 182 g/mol. The molecule has 2 aliphatic carbocycles. The summed E-state index contributed by atoms with van der Waals surface area (Å²) in [7, 11) is 0. The average molecular weight is 209 g/mol. The van der Waals surface area contributed by atoms with Gasteiger partial charge in [-0.15, -0.1) is 0 Å². The van der Waals surface area contributed by atoms with Crippen LogP contribution in [-0.4, -0.2) is 12.1 Å². The van der Waals surface area contributed by atoms with Crippen molar-refractivity contribution in [1.82, 2.24) is 5.32 Å². The summed E-state index contributed by atoms with van der Waals surface area (Å²) in [6.07, 6.45) is 7.35. The highest BCUT2D eigenvalue weighted by Gasteiger charge is 2.52. The molecular formula is C14H27N. The van der Waals surface area contributed by atoms with Crippen LogP contribution in [0, 0.1) is 17.3 Å². The highest BCUT2D eigenvalue weighted by molar-refractivity contribution is 5.04. The summed E-state index contributed by atoms with van der Waals surface area (Å²) in [5.41, 5.74) is 0.948. The van der Waals surface area contributed by atoms with Gasteiger partial charge >= 0.3 is 0 Å². The van der Waals surface area contributed by atoms with E-state index in [1.54, 1.807) is 6.42 Å². The van der Waals surface area contributed by atoms with Crippen LogP contribution in [0.3, 0.4) is 0 Å². The van der Waals surface area contributed by atoms with Gasteiger partial charge in [0.25, 0.3) is 0 Å². The predicted octanol–water partition coefficient (Wildman–Crippen LogP) is 3.59. The van der Waals surface area contributed by atoms with Gasteiger partial charge < -0.3 is 5.32 Å². The fraction of sp³-hybridized carbons (Fsp3) is 1.00. The van der Waals surface area contributed by atoms with Crippen LogP contribution in [0.5, 0.6) is 0 Å². The third-order valence-electron chi connectivity index (χ3n) is 4.23. The first kappa shape index (κ1) is 11.4. The van der Waals surface area contributed by atoms with Gasteiger partial charge in [-0.25, -0.2) is 0 Å². The molecule has 0 amide bonds. The van der Waals surface area contributed by atoms with Gasteiger partial charge in [0.05, 0.1) is 0 Å². The van der Waals surface area contributed by atoms with Crippen LogP contribution in [0.15, 0.2) is 0 Å². The Balaban J connectivity index is 1.89. The average Bonchev–Trinajstić information content (AvgIpc) is 2.72. The monoisotopic (exact) mass is 209 g/mol. The summed E-state index contributed by atoms with van der Waals surface area (Å²) in [6, 6.07) is 0. The first-order valence-corrected chi connectivity index (χ1v) is 6.69. The maximum atomic E-state index is 3.73. The number of hydrogen-bond donors (Lipinski definition) is 1. The molecule has 0 saturated heterocycles. The Labute approximate surface area is 95.0 Å². The molecule has 0 bridgehead atoms. The van der Waals surface area contributed by atoms with Crippen LogP contribution in [-0.2, 0) is 0 Å². The van der Waals surface area contributed by atoms with Crippen molar-refractivity contribution in [2.24, 2.45) is 17.3 Å². The van der Waals surface area contributed by atoms with Crippen molar-refractivity contribution >= 4 is 0 Å². The molecule has 0 aromatic carbocycles. The van der Waals surface area contributed by atoms with E-state index in [2.05, 4.69) is 33.0 Å². The molecule has 2 fully saturated rings. The van der Waals surface area contributed by atoms with Crippen LogP contribution < -0.4 is 5.32 Å². The zero-order valence-corrected chi connectivity index (χ0v) is 10.9. The largest absolute Gasteiger partial charge is 0.312 e. The molecule has 2 unspecified atom stereocenters. The number of rotatable bonds is 4. The van der Waals surface area contributed by atoms with Gasteiger partial charge in [0, 0.05) is 12.1 Å². The second-order valence-electron chi connectivity index (χ2n) is 7.02. The van der Waals surface area contributed by atoms with Gasteiger partial charge in [0.2, 0.25) is 0 Å². The van der Waals surface area contributed by atoms with E-state index >= 15 is 0 Å². The summed E-state index contributed by atoms with van der Waals surface area (Å²) < 4.78 is 0. The molecule has 2 saturated carbocycles. The van der Waals surface area contributed by atoms with E-state index in [-0.39, 0.29) is 5.54 Å². The molecule has 15 heavy (non-hydrogen) atoms. The molecule has 0 aromatic heterocycles. The van der Waals surface area contributed by atoms with Crippen molar-refractivity contribution in [3.63, 3.8) is 0 Å². The van der Waals surface area contributed by atoms with Crippen molar-refractivity contribution in [3.05, 3.63) is 0 Å². The van der Waals surface area contributed by atoms with Crippen molar-refractivity contribution in [3.8, 4) is 0 Å². The van der Waals surface area contributed by atoms with Gasteiger partial charge in [0.1, 0.15) is 0 Å². The third kappa shape index (κ3) is 2.75. The molecule has 0 aliphatic heterocycles. The lowest BCUT2D eigenvalue weighted by Crippen LogP contribution is -2.43. The van der Waals surface area contributed by atoms with Crippen molar-refractivity contribution in [2.75, 3.05) is 6.54 Å². The lowest BCUT2D eigenvalue weighted by Gasteiger charge is -2.34. The Bertz CT molecular complexity index is 216. The maximum absolute atomic E-state index is 3.73. The van der Waals surface area contributed by atoms with E-state index in [1.807, 2.05) is 0 Å². The molecule has 1 nitrogen and oxygen atoms in total. The first-order chi connectivity index (χ1) is 6.94. The van der Waals surface area contributed by atoms with E-state index in [0.717, 1.165) is 11.8 Å². The smallest absolute Gasteiger partial charge is 0.00967 e. The minimum Gasteiger partial charge on any atom is -0.312 e. The topological polar surface area (TPSA) is 12.0 Å². The normalized spacial score (nSPS) is 39.2. The van der Waals surface area contributed by atoms with Crippen molar-refractivity contribution in [1.29, 1.82) is 0 Å². The van der Waals surface area contributed by atoms with E-state index in [1.165, 1.54) is 32.2 Å². The molecule has 2 aliphatic rings. The third-order valence-corrected chi connectivity index (χ3v) is 4.23. The minimum absolute atomic E-state index is 0.285. The van der Waals surface area contributed by atoms with Crippen LogP contribution in [0.25, 0.3) is 0 Å². The zero-order valence-electron chi connectivity index (χ0n) is 10.9. The van der Waals surface area contributed by atoms with Gasteiger partial charge in [-0.05, 0) is 63.7 Å². The van der Waals surface area contributed by atoms with E-state index in [0.29, 0.717) is 5.41 Å². The highest BCUT2D eigenvalue weighted by Crippen LogP contribution is 2.61. The fourth-order valence-electron chi connectivity index (χ4n) is 3.43. The summed E-state index contributed by atoms with van der Waals surface area (Å²) in [5.74, 6) is 2.22. The molecule has 0 heterocycles. The van der Waals surface area contributed by atoms with Gasteiger partial charge in [0.15, 0.2) is 0 Å². The van der Waals surface area contributed by atoms with E-state index in [9.17, 15) is 0 Å². The Morgan fingerprint density at radius 1 is 1.20 bits per heavy atom. The number of fused-ring (bicyclic) bond motifs is 1. The lowest BCUT2D eigenvalue weighted by molar-refractivity contribution is 0.205. The highest BCUT2D eigenvalue weighted by atomic mass is 15.0. The summed E-state index contributed by atoms with van der Waals surface area (Å²) in [4.78, 5) is 0. The van der Waals surface area contributed by atoms with Gasteiger partial charge in [-0.3, -0.25) is 0 Å². The Morgan fingerprint density at radius 2 is 1.80 bits per heavy atom. The number of nitrogens with one attached hydrogen (secondary N) is 1. The Hall–Kier alpha value is -0.0400. The molecule has 0 aromatic rings. The van der Waals surface area contributed by atoms with Crippen LogP contribution >= 0.6 is 0 Å². The summed E-state index contributed by atoms with van der Waals surface area (Å²) in [6.45, 7) is 10.4. The van der Waals surface area contributed by atoms with Crippen molar-refractivity contribution in [2.45, 2.75) is 65.3 Å². The van der Waals surface area contributed by atoms with Crippen LogP contribution in [0.1, 0.15) is 59.8 Å². The molecule has 1 N–H and O–H groups in total. The van der Waals surface area contributed by atoms with Gasteiger partial charge in [-0.1, -0.05) is 13.3 Å². The molecule has 0 radical (unpaired) electrons. The van der Waals surface area contributed by atoms with E-state index in [4.69, 9.17) is 0 Å². The molecule has 2 atom stereocenters. The lowest BCUT2D eigenvalue weighted by atomic mass is 9.78. The van der Waals surface area contributed by atoms with Crippen LogP contribution in [0.4, 0.5) is 0 Å². The first-order valence-electron chi connectivity index (χ1n) is 6.69. The van der Waals surface area contributed by atoms with Crippen molar-refractivity contribution < 1.29 is 0 Å². The molecule has 0 spiro atoms. The second kappa shape index (κ2) is 3.76. The van der Waals surface area contributed by atoms with Gasteiger partial charge in [-0.2, -0.15) is 0 Å².